The third-order valence-corrected chi connectivity index (χ3v) is 7.52. The number of Topliss-reactive ketones (excluding diaryl/α,β-unsaturated/α-hetero) is 1. The fraction of sp³-hybridized carbons (Fsp3) is 0.194. The Balaban J connectivity index is 1.61. The van der Waals surface area contributed by atoms with Crippen molar-refractivity contribution in [2.45, 2.75) is 36.4 Å². The van der Waals surface area contributed by atoms with Crippen LogP contribution in [0.4, 0.5) is 49.6 Å². The number of ketones is 1. The second kappa shape index (κ2) is 15.0. The highest BCUT2D eigenvalue weighted by Gasteiger charge is 2.83. The number of carbonyl (C=O) groups is 4. The van der Waals surface area contributed by atoms with E-state index < -0.39 is 71.4 Å². The molecular formula is C31H19ClF10N6O5. The van der Waals surface area contributed by atoms with Crippen molar-refractivity contribution in [2.24, 2.45) is 0 Å². The molecule has 3 N–H and O–H groups in total. The predicted molar refractivity (Wildman–Crippen MR) is 162 cm³/mol. The lowest BCUT2D eigenvalue weighted by atomic mass is 9.94. The molecule has 2 amide bonds. The average Bonchev–Trinajstić information content (AvgIpc) is 3.63. The first-order valence-electron chi connectivity index (χ1n) is 14.3. The quantitative estimate of drug-likeness (QED) is 0.0825. The van der Waals surface area contributed by atoms with Crippen molar-refractivity contribution in [3.05, 3.63) is 106 Å². The number of nitrogens with zero attached hydrogens (tertiary/aromatic N) is 4. The minimum absolute atomic E-state index is 0.0154. The van der Waals surface area contributed by atoms with E-state index in [1.54, 1.807) is 0 Å². The topological polar surface area (TPSA) is 156 Å². The maximum Gasteiger partial charge on any atom is 0.460 e. The Kier molecular flexibility index (Phi) is 11.3. The van der Waals surface area contributed by atoms with E-state index in [1.165, 1.54) is 24.3 Å². The largest absolute Gasteiger partial charge is 0.478 e. The third kappa shape index (κ3) is 8.29. The Morgan fingerprint density at radius 2 is 1.45 bits per heavy atom. The fourth-order valence-electron chi connectivity index (χ4n) is 4.43. The van der Waals surface area contributed by atoms with Crippen LogP contribution < -0.4 is 10.6 Å². The van der Waals surface area contributed by atoms with Crippen LogP contribution in [-0.4, -0.2) is 78.9 Å². The van der Waals surface area contributed by atoms with Crippen LogP contribution in [0.15, 0.2) is 73.1 Å². The zero-order valence-electron chi connectivity index (χ0n) is 25.8. The van der Waals surface area contributed by atoms with Crippen LogP contribution in [0.2, 0.25) is 5.02 Å². The average molecular weight is 781 g/mol. The van der Waals surface area contributed by atoms with Crippen molar-refractivity contribution in [3.8, 4) is 5.69 Å². The molecule has 1 heterocycles. The minimum atomic E-state index is -7.30. The lowest BCUT2D eigenvalue weighted by Gasteiger charge is -2.32. The number of halogens is 11. The van der Waals surface area contributed by atoms with E-state index in [2.05, 4.69) is 26.2 Å². The molecule has 22 heteroatoms. The molecule has 280 valence electrons. The molecule has 4 aromatic rings. The summed E-state index contributed by atoms with van der Waals surface area (Å²) in [6.45, 7) is 0. The van der Waals surface area contributed by atoms with Crippen molar-refractivity contribution >= 4 is 46.9 Å². The number of carboxylic acid groups (broad SMARTS) is 1. The van der Waals surface area contributed by atoms with Crippen LogP contribution in [0.1, 0.15) is 31.8 Å². The van der Waals surface area contributed by atoms with E-state index >= 15 is 0 Å². The van der Waals surface area contributed by atoms with Gasteiger partial charge in [0, 0.05) is 29.3 Å². The number of aromatic carboxylic acids is 1. The molecule has 0 saturated heterocycles. The molecule has 0 saturated carbocycles. The molecule has 1 aromatic heterocycles. The SMILES string of the molecule is O=C(C=Cc1c(-n2cnnn2)ccc(Cl)c1F)NC(Cc1ccc(C(=O)C(F)(F)C(F)(F)C(F)(F)C(F)(F)F)cc1)C(=O)Nc1ccc(C(=O)O)cc1. The fourth-order valence-corrected chi connectivity index (χ4v) is 4.59. The number of aromatic nitrogens is 4. The molecule has 0 aliphatic carbocycles. The number of alkyl halides is 9. The monoisotopic (exact) mass is 780 g/mol. The second-order valence-electron chi connectivity index (χ2n) is 10.8. The van der Waals surface area contributed by atoms with Crippen molar-refractivity contribution < 1.29 is 68.2 Å². The number of hydrogen-bond acceptors (Lipinski definition) is 7. The molecule has 0 aliphatic rings. The van der Waals surface area contributed by atoms with E-state index in [0.717, 1.165) is 47.4 Å². The summed E-state index contributed by atoms with van der Waals surface area (Å²) in [5.74, 6) is -28.5. The summed E-state index contributed by atoms with van der Waals surface area (Å²) in [4.78, 5) is 49.6. The van der Waals surface area contributed by atoms with Crippen LogP contribution in [0.25, 0.3) is 11.8 Å². The Hall–Kier alpha value is -5.86. The first kappa shape index (κ1) is 39.9. The molecule has 53 heavy (non-hydrogen) atoms. The Labute approximate surface area is 294 Å². The zero-order chi connectivity index (χ0) is 39.5. The van der Waals surface area contributed by atoms with Crippen molar-refractivity contribution in [3.63, 3.8) is 0 Å². The van der Waals surface area contributed by atoms with Crippen LogP contribution in [0.3, 0.4) is 0 Å². The highest BCUT2D eigenvalue weighted by molar-refractivity contribution is 6.31. The minimum Gasteiger partial charge on any atom is -0.478 e. The van der Waals surface area contributed by atoms with Gasteiger partial charge in [0.1, 0.15) is 12.4 Å². The van der Waals surface area contributed by atoms with Gasteiger partial charge in [-0.1, -0.05) is 35.9 Å². The van der Waals surface area contributed by atoms with Gasteiger partial charge in [0.05, 0.1) is 16.3 Å². The van der Waals surface area contributed by atoms with Gasteiger partial charge >= 0.3 is 29.9 Å². The van der Waals surface area contributed by atoms with Gasteiger partial charge in [-0.25, -0.2) is 9.18 Å². The number of hydrogen-bond donors (Lipinski definition) is 3. The molecule has 0 bridgehead atoms. The number of anilines is 1. The number of rotatable bonds is 13. The van der Waals surface area contributed by atoms with Gasteiger partial charge in [0.2, 0.25) is 17.6 Å². The molecule has 1 unspecified atom stereocenters. The summed E-state index contributed by atoms with van der Waals surface area (Å²) in [6, 6.07) is 7.76. The van der Waals surface area contributed by atoms with Gasteiger partial charge in [-0.05, 0) is 58.5 Å². The molecule has 1 atom stereocenters. The lowest BCUT2D eigenvalue weighted by molar-refractivity contribution is -0.386. The summed E-state index contributed by atoms with van der Waals surface area (Å²) in [5, 5.41) is 23.9. The molecule has 0 fully saturated rings. The molecule has 4 rings (SSSR count). The Bertz CT molecular complexity index is 2040. The summed E-state index contributed by atoms with van der Waals surface area (Å²) < 4.78 is 136. The number of nitrogens with one attached hydrogen (secondary N) is 2. The number of carbonyl (C=O) groups excluding carboxylic acids is 3. The molecule has 11 nitrogen and oxygen atoms in total. The second-order valence-corrected chi connectivity index (χ2v) is 11.2. The maximum absolute atomic E-state index is 14.9. The number of tetrazole rings is 1. The molecule has 0 spiro atoms. The first-order valence-corrected chi connectivity index (χ1v) is 14.6. The highest BCUT2D eigenvalue weighted by Crippen LogP contribution is 2.53. The molecule has 0 radical (unpaired) electrons. The van der Waals surface area contributed by atoms with Crippen LogP contribution in [0, 0.1) is 5.82 Å². The van der Waals surface area contributed by atoms with Crippen molar-refractivity contribution in [1.29, 1.82) is 0 Å². The van der Waals surface area contributed by atoms with Crippen molar-refractivity contribution in [1.82, 2.24) is 25.5 Å². The summed E-state index contributed by atoms with van der Waals surface area (Å²) in [5.41, 5.74) is -1.92. The van der Waals surface area contributed by atoms with Gasteiger partial charge in [-0.3, -0.25) is 14.4 Å². The van der Waals surface area contributed by atoms with Gasteiger partial charge in [0.25, 0.3) is 0 Å². The number of benzene rings is 3. The van der Waals surface area contributed by atoms with E-state index in [-0.39, 0.29) is 33.1 Å². The standard InChI is InChI=1S/C31H19ClF10N6O5/c32-20-10-11-22(48-14-43-46-47-48)19(24(20)33)9-12-23(49)45-21(26(51)44-18-7-5-17(6-8-18)27(52)53)13-15-1-3-16(4-2-15)25(50)28(34,35)29(36,37)30(38,39)31(40,41)42/h1-12,14,21H,13H2,(H,44,51)(H,45,49)(H,52,53). The lowest BCUT2D eigenvalue weighted by Crippen LogP contribution is -2.63. The number of carboxylic acids is 1. The van der Waals surface area contributed by atoms with E-state index in [4.69, 9.17) is 16.7 Å². The summed E-state index contributed by atoms with van der Waals surface area (Å²) >= 11 is 5.86. The molecular weight excluding hydrogens is 762 g/mol. The zero-order valence-corrected chi connectivity index (χ0v) is 26.6. The highest BCUT2D eigenvalue weighted by atomic mass is 35.5. The van der Waals surface area contributed by atoms with E-state index in [1.807, 2.05) is 0 Å². The van der Waals surface area contributed by atoms with E-state index in [0.29, 0.717) is 12.1 Å². The predicted octanol–water partition coefficient (Wildman–Crippen LogP) is 6.18. The Morgan fingerprint density at radius 1 is 0.849 bits per heavy atom. The van der Waals surface area contributed by atoms with Crippen LogP contribution >= 0.6 is 11.6 Å². The molecule has 0 aliphatic heterocycles. The van der Waals surface area contributed by atoms with Crippen LogP contribution in [-0.2, 0) is 16.0 Å². The maximum atomic E-state index is 14.9. The van der Waals surface area contributed by atoms with Gasteiger partial charge in [-0.2, -0.15) is 44.2 Å². The normalized spacial score (nSPS) is 13.1. The van der Waals surface area contributed by atoms with Gasteiger partial charge in [0.15, 0.2) is 5.82 Å². The van der Waals surface area contributed by atoms with Crippen LogP contribution in [0.5, 0.6) is 0 Å². The molecule has 3 aromatic carbocycles. The van der Waals surface area contributed by atoms with Crippen molar-refractivity contribution in [2.75, 3.05) is 5.32 Å². The number of amides is 2. The Morgan fingerprint density at radius 3 is 2.00 bits per heavy atom. The van der Waals surface area contributed by atoms with Gasteiger partial charge < -0.3 is 15.7 Å². The summed E-state index contributed by atoms with van der Waals surface area (Å²) in [7, 11) is 0. The van der Waals surface area contributed by atoms with E-state index in [9.17, 15) is 63.1 Å². The smallest absolute Gasteiger partial charge is 0.460 e. The third-order valence-electron chi connectivity index (χ3n) is 7.23. The van der Waals surface area contributed by atoms with Gasteiger partial charge in [-0.15, -0.1) is 5.10 Å². The first-order chi connectivity index (χ1) is 24.6. The summed E-state index contributed by atoms with van der Waals surface area (Å²) in [6.07, 6.45) is -4.89.